The molecule has 4 nitrogen and oxygen atoms in total. The number of hydrogen-bond acceptors (Lipinski definition) is 3. The Balaban J connectivity index is 1.99. The first-order chi connectivity index (χ1) is 9.11. The summed E-state index contributed by atoms with van der Waals surface area (Å²) < 4.78 is 10.3. The Morgan fingerprint density at radius 2 is 2.05 bits per heavy atom. The minimum atomic E-state index is -0.319. The van der Waals surface area contributed by atoms with Crippen molar-refractivity contribution in [2.24, 2.45) is 5.41 Å². The Labute approximate surface area is 114 Å². The van der Waals surface area contributed by atoms with Crippen LogP contribution in [-0.2, 0) is 9.53 Å². The second-order valence-electron chi connectivity index (χ2n) is 5.09. The van der Waals surface area contributed by atoms with E-state index in [0.29, 0.717) is 13.2 Å². The number of benzene rings is 1. The molecule has 1 aliphatic heterocycles. The minimum absolute atomic E-state index is 0.0116. The highest BCUT2D eigenvalue weighted by molar-refractivity contribution is 5.84. The molecule has 19 heavy (non-hydrogen) atoms. The summed E-state index contributed by atoms with van der Waals surface area (Å²) in [6.45, 7) is 5.08. The molecule has 1 atom stereocenters. The van der Waals surface area contributed by atoms with Gasteiger partial charge < -0.3 is 14.8 Å². The van der Waals surface area contributed by atoms with Crippen molar-refractivity contribution in [3.63, 3.8) is 0 Å². The largest absolute Gasteiger partial charge is 0.497 e. The van der Waals surface area contributed by atoms with Gasteiger partial charge in [-0.25, -0.2) is 0 Å². The molecule has 2 rings (SSSR count). The van der Waals surface area contributed by atoms with Crippen LogP contribution in [-0.4, -0.2) is 26.2 Å². The molecule has 0 radical (unpaired) electrons. The lowest BCUT2D eigenvalue weighted by atomic mass is 9.82. The molecule has 0 saturated carbocycles. The summed E-state index contributed by atoms with van der Waals surface area (Å²) in [5, 5.41) is 3.07. The number of hydrogen-bond donors (Lipinski definition) is 1. The third-order valence-corrected chi connectivity index (χ3v) is 3.88. The van der Waals surface area contributed by atoms with Gasteiger partial charge in [-0.3, -0.25) is 4.79 Å². The molecule has 104 valence electrons. The fourth-order valence-electron chi connectivity index (χ4n) is 2.17. The molecule has 0 bridgehead atoms. The van der Waals surface area contributed by atoms with Gasteiger partial charge in [0.05, 0.1) is 31.8 Å². The second kappa shape index (κ2) is 5.61. The van der Waals surface area contributed by atoms with Crippen molar-refractivity contribution in [1.29, 1.82) is 0 Å². The summed E-state index contributed by atoms with van der Waals surface area (Å²) in [6.07, 6.45) is 0.814. The third kappa shape index (κ3) is 2.73. The van der Waals surface area contributed by atoms with Crippen molar-refractivity contribution in [3.8, 4) is 5.75 Å². The lowest BCUT2D eigenvalue weighted by Crippen LogP contribution is -2.54. The zero-order valence-electron chi connectivity index (χ0n) is 11.7. The van der Waals surface area contributed by atoms with E-state index in [1.165, 1.54) is 0 Å². The van der Waals surface area contributed by atoms with Gasteiger partial charge in [0.25, 0.3) is 0 Å². The summed E-state index contributed by atoms with van der Waals surface area (Å²) >= 11 is 0. The molecule has 0 aliphatic carbocycles. The lowest BCUT2D eigenvalue weighted by molar-refractivity contribution is -0.163. The Kier molecular flexibility index (Phi) is 4.10. The first-order valence-electron chi connectivity index (χ1n) is 6.64. The normalized spacial score (nSPS) is 18.3. The molecule has 1 aliphatic rings. The van der Waals surface area contributed by atoms with Crippen LogP contribution >= 0.6 is 0 Å². The number of carbonyl (C=O) groups excluding carboxylic acids is 1. The van der Waals surface area contributed by atoms with E-state index < -0.39 is 0 Å². The molecular weight excluding hydrogens is 242 g/mol. The fourth-order valence-corrected chi connectivity index (χ4v) is 2.17. The molecule has 1 fully saturated rings. The van der Waals surface area contributed by atoms with Crippen LogP contribution in [0.15, 0.2) is 24.3 Å². The molecule has 1 aromatic rings. The van der Waals surface area contributed by atoms with Crippen LogP contribution in [0.1, 0.15) is 31.9 Å². The van der Waals surface area contributed by atoms with Crippen molar-refractivity contribution in [1.82, 2.24) is 5.32 Å². The van der Waals surface area contributed by atoms with E-state index in [2.05, 4.69) is 5.32 Å². The number of nitrogens with one attached hydrogen (secondary N) is 1. The molecule has 1 amide bonds. The van der Waals surface area contributed by atoms with Crippen molar-refractivity contribution in [2.75, 3.05) is 20.3 Å². The predicted molar refractivity (Wildman–Crippen MR) is 73.1 cm³/mol. The number of amides is 1. The van der Waals surface area contributed by atoms with Crippen molar-refractivity contribution < 1.29 is 14.3 Å². The van der Waals surface area contributed by atoms with Gasteiger partial charge in [-0.1, -0.05) is 19.1 Å². The van der Waals surface area contributed by atoms with Crippen LogP contribution in [0.3, 0.4) is 0 Å². The quantitative estimate of drug-likeness (QED) is 0.886. The fraction of sp³-hybridized carbons (Fsp3) is 0.533. The van der Waals surface area contributed by atoms with Crippen LogP contribution in [0.25, 0.3) is 0 Å². The third-order valence-electron chi connectivity index (χ3n) is 3.88. The van der Waals surface area contributed by atoms with E-state index in [-0.39, 0.29) is 17.4 Å². The van der Waals surface area contributed by atoms with E-state index >= 15 is 0 Å². The smallest absolute Gasteiger partial charge is 0.231 e. The van der Waals surface area contributed by atoms with Crippen LogP contribution in [0.2, 0.25) is 0 Å². The van der Waals surface area contributed by atoms with E-state index in [9.17, 15) is 4.79 Å². The highest BCUT2D eigenvalue weighted by Gasteiger charge is 2.44. The number of ether oxygens (including phenoxy) is 2. The van der Waals surface area contributed by atoms with E-state index in [4.69, 9.17) is 9.47 Å². The highest BCUT2D eigenvalue weighted by Crippen LogP contribution is 2.32. The molecule has 1 heterocycles. The van der Waals surface area contributed by atoms with E-state index in [1.807, 2.05) is 38.1 Å². The van der Waals surface area contributed by atoms with E-state index in [0.717, 1.165) is 17.7 Å². The molecular formula is C15H21NO3. The Morgan fingerprint density at radius 3 is 2.47 bits per heavy atom. The van der Waals surface area contributed by atoms with Gasteiger partial charge in [0.2, 0.25) is 5.91 Å². The standard InChI is InChI=1S/C15H21NO3/c1-4-15(9-19-10-15)14(17)16-11(2)12-5-7-13(18-3)8-6-12/h5-8,11H,4,9-10H2,1-3H3,(H,16,17). The summed E-state index contributed by atoms with van der Waals surface area (Å²) in [4.78, 5) is 12.3. The van der Waals surface area contributed by atoms with Crippen LogP contribution in [0.4, 0.5) is 0 Å². The van der Waals surface area contributed by atoms with Crippen molar-refractivity contribution in [3.05, 3.63) is 29.8 Å². The highest BCUT2D eigenvalue weighted by atomic mass is 16.5. The maximum atomic E-state index is 12.3. The summed E-state index contributed by atoms with van der Waals surface area (Å²) in [7, 11) is 1.64. The van der Waals surface area contributed by atoms with Gasteiger partial charge in [-0.2, -0.15) is 0 Å². The van der Waals surface area contributed by atoms with Gasteiger partial charge in [-0.15, -0.1) is 0 Å². The summed E-state index contributed by atoms with van der Waals surface area (Å²) in [5.41, 5.74) is 0.751. The summed E-state index contributed by atoms with van der Waals surface area (Å²) in [6, 6.07) is 7.74. The Bertz CT molecular complexity index is 432. The van der Waals surface area contributed by atoms with Crippen LogP contribution in [0.5, 0.6) is 5.75 Å². The molecule has 1 aromatic carbocycles. The SMILES string of the molecule is CCC1(C(=O)NC(C)c2ccc(OC)cc2)COC1. The molecule has 0 spiro atoms. The first-order valence-corrected chi connectivity index (χ1v) is 6.64. The van der Waals surface area contributed by atoms with Gasteiger partial charge in [0, 0.05) is 0 Å². The lowest BCUT2D eigenvalue weighted by Gasteiger charge is -2.39. The van der Waals surface area contributed by atoms with Crippen molar-refractivity contribution in [2.45, 2.75) is 26.3 Å². The number of methoxy groups -OCH3 is 1. The van der Waals surface area contributed by atoms with Crippen molar-refractivity contribution >= 4 is 5.91 Å². The summed E-state index contributed by atoms with van der Waals surface area (Å²) in [5.74, 6) is 0.907. The van der Waals surface area contributed by atoms with Crippen LogP contribution in [0, 0.1) is 5.41 Å². The second-order valence-corrected chi connectivity index (χ2v) is 5.09. The maximum absolute atomic E-state index is 12.3. The maximum Gasteiger partial charge on any atom is 0.231 e. The topological polar surface area (TPSA) is 47.6 Å². The van der Waals surface area contributed by atoms with Gasteiger partial charge in [0.1, 0.15) is 5.75 Å². The van der Waals surface area contributed by atoms with Gasteiger partial charge in [-0.05, 0) is 31.0 Å². The monoisotopic (exact) mass is 263 g/mol. The Morgan fingerprint density at radius 1 is 1.42 bits per heavy atom. The van der Waals surface area contributed by atoms with Gasteiger partial charge in [0.15, 0.2) is 0 Å². The molecule has 1 unspecified atom stereocenters. The van der Waals surface area contributed by atoms with Crippen LogP contribution < -0.4 is 10.1 Å². The number of rotatable bonds is 5. The van der Waals surface area contributed by atoms with E-state index in [1.54, 1.807) is 7.11 Å². The van der Waals surface area contributed by atoms with Gasteiger partial charge >= 0.3 is 0 Å². The Hall–Kier alpha value is -1.55. The molecule has 4 heteroatoms. The number of carbonyl (C=O) groups is 1. The minimum Gasteiger partial charge on any atom is -0.497 e. The molecule has 0 aromatic heterocycles. The first kappa shape index (κ1) is 13.9. The zero-order valence-corrected chi connectivity index (χ0v) is 11.7. The molecule has 1 N–H and O–H groups in total. The predicted octanol–water partition coefficient (Wildman–Crippen LogP) is 2.30. The molecule has 1 saturated heterocycles. The zero-order chi connectivity index (χ0) is 13.9. The average Bonchev–Trinajstić information content (AvgIpc) is 2.38. The average molecular weight is 263 g/mol.